The van der Waals surface area contributed by atoms with Gasteiger partial charge in [-0.25, -0.2) is 14.4 Å². The van der Waals surface area contributed by atoms with E-state index in [0.717, 1.165) is 0 Å². The molecule has 8 nitrogen and oxygen atoms in total. The third-order valence-corrected chi connectivity index (χ3v) is 2.46. The monoisotopic (exact) mass is 328 g/mol. The van der Waals surface area contributed by atoms with Gasteiger partial charge in [0, 0.05) is 6.54 Å². The molecule has 0 saturated heterocycles. The van der Waals surface area contributed by atoms with Crippen LogP contribution < -0.4 is 10.6 Å². The summed E-state index contributed by atoms with van der Waals surface area (Å²) in [4.78, 5) is 33.7. The van der Waals surface area contributed by atoms with Gasteiger partial charge in [0.2, 0.25) is 0 Å². The van der Waals surface area contributed by atoms with Crippen molar-refractivity contribution in [2.75, 3.05) is 13.2 Å². The van der Waals surface area contributed by atoms with Gasteiger partial charge >= 0.3 is 18.2 Å². The van der Waals surface area contributed by atoms with Crippen molar-refractivity contribution in [3.63, 3.8) is 0 Å². The van der Waals surface area contributed by atoms with Gasteiger partial charge in [-0.1, -0.05) is 5.92 Å². The summed E-state index contributed by atoms with van der Waals surface area (Å²) in [5.74, 6) is 0.941. The summed E-state index contributed by atoms with van der Waals surface area (Å²) in [5.41, 5.74) is -0.568. The molecule has 0 aliphatic carbocycles. The highest BCUT2D eigenvalue weighted by Crippen LogP contribution is 2.06. The lowest BCUT2D eigenvalue weighted by atomic mass is 10.1. The van der Waals surface area contributed by atoms with Crippen LogP contribution in [0.1, 0.15) is 40.0 Å². The molecule has 0 fully saturated rings. The molecule has 0 unspecified atom stereocenters. The van der Waals surface area contributed by atoms with E-state index >= 15 is 0 Å². The number of unbranched alkanes of at least 4 members (excludes halogenated alkanes) is 1. The second-order valence-electron chi connectivity index (χ2n) is 5.74. The first-order valence-electron chi connectivity index (χ1n) is 7.22. The fourth-order valence-corrected chi connectivity index (χ4v) is 1.53. The molecule has 0 aliphatic rings. The molecule has 0 aromatic heterocycles. The molecule has 0 bridgehead atoms. The summed E-state index contributed by atoms with van der Waals surface area (Å²) in [7, 11) is 0. The van der Waals surface area contributed by atoms with E-state index in [1.807, 2.05) is 0 Å². The zero-order chi connectivity index (χ0) is 17.9. The van der Waals surface area contributed by atoms with Crippen LogP contribution in [0.4, 0.5) is 9.59 Å². The minimum Gasteiger partial charge on any atom is -0.480 e. The van der Waals surface area contributed by atoms with Gasteiger partial charge in [0.05, 0.1) is 0 Å². The summed E-state index contributed by atoms with van der Waals surface area (Å²) in [6.45, 7) is 5.40. The molecular formula is C15H24N2O6. The van der Waals surface area contributed by atoms with Crippen LogP contribution in [0, 0.1) is 12.3 Å². The number of carboxylic acid groups (broad SMARTS) is 1. The number of rotatable bonds is 8. The molecule has 0 aliphatic heterocycles. The maximum atomic E-state index is 11.4. The standard InChI is InChI=1S/C15H24N2O6/c1-5-10-22-14(21)17-11(12(18)19)8-6-7-9-16-13(20)23-15(2,3)4/h1,11H,6-10H2,2-4H3,(H,16,20)(H,17,21)(H,18,19)/t11-/m0/s1. The Bertz CT molecular complexity index is 450. The Morgan fingerprint density at radius 3 is 2.39 bits per heavy atom. The Hall–Kier alpha value is -2.43. The number of carbonyl (C=O) groups excluding carboxylic acids is 2. The number of terminal acetylenes is 1. The molecule has 0 radical (unpaired) electrons. The van der Waals surface area contributed by atoms with E-state index < -0.39 is 29.8 Å². The van der Waals surface area contributed by atoms with E-state index in [2.05, 4.69) is 21.3 Å². The molecule has 0 aromatic carbocycles. The molecular weight excluding hydrogens is 304 g/mol. The summed E-state index contributed by atoms with van der Waals surface area (Å²) >= 11 is 0. The second-order valence-corrected chi connectivity index (χ2v) is 5.74. The van der Waals surface area contributed by atoms with Gasteiger partial charge in [0.25, 0.3) is 0 Å². The number of ether oxygens (including phenoxy) is 2. The quantitative estimate of drug-likeness (QED) is 0.459. The summed E-state index contributed by atoms with van der Waals surface area (Å²) in [5, 5.41) is 13.8. The fourth-order valence-electron chi connectivity index (χ4n) is 1.53. The van der Waals surface area contributed by atoms with Gasteiger partial charge in [0.15, 0.2) is 6.61 Å². The number of hydrogen-bond donors (Lipinski definition) is 3. The number of alkyl carbamates (subject to hydrolysis) is 2. The first kappa shape index (κ1) is 20.6. The van der Waals surface area contributed by atoms with Gasteiger partial charge < -0.3 is 25.2 Å². The average Bonchev–Trinajstić information content (AvgIpc) is 2.41. The number of carbonyl (C=O) groups is 3. The van der Waals surface area contributed by atoms with Crippen LogP contribution in [0.2, 0.25) is 0 Å². The number of carboxylic acids is 1. The summed E-state index contributed by atoms with van der Waals surface area (Å²) < 4.78 is 9.61. The zero-order valence-corrected chi connectivity index (χ0v) is 13.7. The first-order chi connectivity index (χ1) is 10.7. The zero-order valence-electron chi connectivity index (χ0n) is 13.7. The fraction of sp³-hybridized carbons (Fsp3) is 0.667. The van der Waals surface area contributed by atoms with Crippen molar-refractivity contribution in [1.29, 1.82) is 0 Å². The van der Waals surface area contributed by atoms with Gasteiger partial charge in [-0.2, -0.15) is 0 Å². The van der Waals surface area contributed by atoms with E-state index in [1.165, 1.54) is 0 Å². The molecule has 130 valence electrons. The van der Waals surface area contributed by atoms with Crippen molar-refractivity contribution in [3.8, 4) is 12.3 Å². The number of amides is 2. The normalized spacial score (nSPS) is 11.7. The van der Waals surface area contributed by atoms with Crippen LogP contribution in [0.3, 0.4) is 0 Å². The van der Waals surface area contributed by atoms with E-state index in [0.29, 0.717) is 19.4 Å². The Labute approximate surface area is 135 Å². The van der Waals surface area contributed by atoms with Crippen molar-refractivity contribution in [1.82, 2.24) is 10.6 Å². The lowest BCUT2D eigenvalue weighted by molar-refractivity contribution is -0.139. The van der Waals surface area contributed by atoms with E-state index in [4.69, 9.17) is 16.3 Å². The van der Waals surface area contributed by atoms with Gasteiger partial charge in [0.1, 0.15) is 11.6 Å². The second kappa shape index (κ2) is 10.3. The lowest BCUT2D eigenvalue weighted by Gasteiger charge is -2.19. The van der Waals surface area contributed by atoms with Crippen molar-refractivity contribution in [2.24, 2.45) is 0 Å². The Morgan fingerprint density at radius 2 is 1.87 bits per heavy atom. The van der Waals surface area contributed by atoms with E-state index in [9.17, 15) is 14.4 Å². The van der Waals surface area contributed by atoms with Crippen molar-refractivity contribution in [3.05, 3.63) is 0 Å². The lowest BCUT2D eigenvalue weighted by Crippen LogP contribution is -2.41. The Kier molecular flexibility index (Phi) is 9.23. The van der Waals surface area contributed by atoms with Crippen molar-refractivity contribution < 1.29 is 29.0 Å². The molecule has 0 saturated carbocycles. The highest BCUT2D eigenvalue weighted by atomic mass is 16.6. The molecule has 2 amide bonds. The van der Waals surface area contributed by atoms with Gasteiger partial charge in [-0.15, -0.1) is 6.42 Å². The van der Waals surface area contributed by atoms with Gasteiger partial charge in [-0.05, 0) is 40.0 Å². The van der Waals surface area contributed by atoms with Crippen LogP contribution in [0.15, 0.2) is 0 Å². The van der Waals surface area contributed by atoms with Crippen molar-refractivity contribution >= 4 is 18.2 Å². The highest BCUT2D eigenvalue weighted by molar-refractivity contribution is 5.79. The highest BCUT2D eigenvalue weighted by Gasteiger charge is 2.20. The van der Waals surface area contributed by atoms with E-state index in [-0.39, 0.29) is 13.0 Å². The molecule has 1 atom stereocenters. The van der Waals surface area contributed by atoms with Crippen LogP contribution in [0.25, 0.3) is 0 Å². The summed E-state index contributed by atoms with van der Waals surface area (Å²) in [6, 6.07) is -1.07. The maximum absolute atomic E-state index is 11.4. The Morgan fingerprint density at radius 1 is 1.22 bits per heavy atom. The number of nitrogens with one attached hydrogen (secondary N) is 2. The van der Waals surface area contributed by atoms with Crippen LogP contribution in [-0.2, 0) is 14.3 Å². The third kappa shape index (κ3) is 11.9. The molecule has 3 N–H and O–H groups in total. The van der Waals surface area contributed by atoms with Crippen LogP contribution >= 0.6 is 0 Å². The minimum atomic E-state index is -1.16. The molecule has 23 heavy (non-hydrogen) atoms. The van der Waals surface area contributed by atoms with Gasteiger partial charge in [-0.3, -0.25) is 0 Å². The average molecular weight is 328 g/mol. The molecule has 0 spiro atoms. The predicted octanol–water partition coefficient (Wildman–Crippen LogP) is 1.49. The van der Waals surface area contributed by atoms with E-state index in [1.54, 1.807) is 20.8 Å². The predicted molar refractivity (Wildman–Crippen MR) is 82.8 cm³/mol. The number of aliphatic carboxylic acids is 1. The minimum absolute atomic E-state index is 0.205. The number of hydrogen-bond acceptors (Lipinski definition) is 5. The largest absolute Gasteiger partial charge is 0.480 e. The SMILES string of the molecule is C#CCOC(=O)N[C@@H](CCCCNC(=O)OC(C)(C)C)C(=O)O. The first-order valence-corrected chi connectivity index (χ1v) is 7.22. The van der Waals surface area contributed by atoms with Crippen LogP contribution in [-0.4, -0.2) is 48.1 Å². The third-order valence-electron chi connectivity index (χ3n) is 2.46. The topological polar surface area (TPSA) is 114 Å². The smallest absolute Gasteiger partial charge is 0.408 e. The summed E-state index contributed by atoms with van der Waals surface area (Å²) in [6.07, 6.45) is 4.77. The Balaban J connectivity index is 3.98. The molecule has 0 heterocycles. The molecule has 0 aromatic rings. The maximum Gasteiger partial charge on any atom is 0.408 e. The molecule has 8 heteroatoms. The van der Waals surface area contributed by atoms with Crippen molar-refractivity contribution in [2.45, 2.75) is 51.7 Å². The van der Waals surface area contributed by atoms with Crippen LogP contribution in [0.5, 0.6) is 0 Å². The molecule has 0 rings (SSSR count).